The van der Waals surface area contributed by atoms with Crippen molar-refractivity contribution < 1.29 is 22.0 Å². The van der Waals surface area contributed by atoms with Gasteiger partial charge >= 0.3 is 0 Å². The van der Waals surface area contributed by atoms with Crippen LogP contribution >= 0.6 is 0 Å². The van der Waals surface area contributed by atoms with Crippen molar-refractivity contribution in [2.45, 2.75) is 62.8 Å². The van der Waals surface area contributed by atoms with E-state index in [0.717, 1.165) is 37.0 Å². The van der Waals surface area contributed by atoms with Crippen LogP contribution < -0.4 is 0 Å². The number of hydrogen-bond acceptors (Lipinski definition) is 3. The van der Waals surface area contributed by atoms with Gasteiger partial charge in [0.05, 0.1) is 11.4 Å². The molecule has 0 bridgehead atoms. The molecular weight excluding hydrogens is 374 g/mol. The lowest BCUT2D eigenvalue weighted by molar-refractivity contribution is 0.0555. The normalized spacial score (nSPS) is 16.1. The largest absolute Gasteiger partial charge is 0.333 e. The summed E-state index contributed by atoms with van der Waals surface area (Å²) in [7, 11) is -2.17. The van der Waals surface area contributed by atoms with Crippen LogP contribution in [0.15, 0.2) is 29.2 Å². The fourth-order valence-electron chi connectivity index (χ4n) is 3.49. The predicted molar refractivity (Wildman–Crippen MR) is 100 cm³/mol. The number of carbonyl (C=O) groups is 1. The van der Waals surface area contributed by atoms with Crippen LogP contribution in [0.1, 0.15) is 55.8 Å². The monoisotopic (exact) mass is 402 g/mol. The molecule has 0 heterocycles. The summed E-state index contributed by atoms with van der Waals surface area (Å²) in [6.45, 7) is 1.33. The molecule has 0 atom stereocenters. The van der Waals surface area contributed by atoms with E-state index < -0.39 is 28.9 Å². The number of alkyl halides is 2. The zero-order valence-electron chi connectivity index (χ0n) is 15.9. The maximum Gasteiger partial charge on any atom is 0.255 e. The highest BCUT2D eigenvalue weighted by molar-refractivity contribution is 7.89. The molecule has 0 aliphatic heterocycles. The van der Waals surface area contributed by atoms with Crippen molar-refractivity contribution in [1.82, 2.24) is 9.21 Å². The first-order valence-corrected chi connectivity index (χ1v) is 10.9. The van der Waals surface area contributed by atoms with Crippen LogP contribution in [0, 0.1) is 0 Å². The Morgan fingerprint density at radius 1 is 1.22 bits per heavy atom. The van der Waals surface area contributed by atoms with Crippen molar-refractivity contribution >= 4 is 15.9 Å². The Hall–Kier alpha value is -1.54. The van der Waals surface area contributed by atoms with Crippen molar-refractivity contribution in [3.63, 3.8) is 0 Å². The zero-order valence-corrected chi connectivity index (χ0v) is 16.7. The summed E-state index contributed by atoms with van der Waals surface area (Å²) in [5.74, 6) is -0.575. The second-order valence-electron chi connectivity index (χ2n) is 6.98. The molecule has 1 saturated carbocycles. The van der Waals surface area contributed by atoms with Crippen LogP contribution in [0.2, 0.25) is 0 Å². The summed E-state index contributed by atoms with van der Waals surface area (Å²) in [5, 5.41) is 0. The zero-order chi connectivity index (χ0) is 20.0. The smallest absolute Gasteiger partial charge is 0.255 e. The average molecular weight is 403 g/mol. The van der Waals surface area contributed by atoms with Crippen molar-refractivity contribution in [1.29, 1.82) is 0 Å². The average Bonchev–Trinajstić information content (AvgIpc) is 2.67. The molecule has 2 rings (SSSR count). The first-order chi connectivity index (χ1) is 12.8. The summed E-state index contributed by atoms with van der Waals surface area (Å²) >= 11 is 0. The molecule has 1 fully saturated rings. The molecule has 0 spiro atoms. The van der Waals surface area contributed by atoms with E-state index in [1.165, 1.54) is 28.6 Å². The molecule has 1 amide bonds. The van der Waals surface area contributed by atoms with Gasteiger partial charge in [-0.2, -0.15) is 4.31 Å². The number of benzene rings is 1. The Morgan fingerprint density at radius 3 is 2.48 bits per heavy atom. The quantitative estimate of drug-likeness (QED) is 0.665. The highest BCUT2D eigenvalue weighted by atomic mass is 32.2. The van der Waals surface area contributed by atoms with E-state index >= 15 is 0 Å². The van der Waals surface area contributed by atoms with Crippen LogP contribution in [-0.4, -0.2) is 56.1 Å². The summed E-state index contributed by atoms with van der Waals surface area (Å²) < 4.78 is 52.8. The number of hydrogen-bond donors (Lipinski definition) is 0. The van der Waals surface area contributed by atoms with Crippen LogP contribution in [-0.2, 0) is 10.0 Å². The molecule has 1 aromatic rings. The molecule has 0 unspecified atom stereocenters. The van der Waals surface area contributed by atoms with E-state index in [1.54, 1.807) is 14.0 Å². The summed E-state index contributed by atoms with van der Waals surface area (Å²) in [4.78, 5) is 13.7. The Bertz CT molecular complexity index is 734. The maximum absolute atomic E-state index is 13.0. The molecule has 0 saturated heterocycles. The lowest BCUT2D eigenvalue weighted by atomic mass is 9.96. The number of sulfonamides is 1. The van der Waals surface area contributed by atoms with Gasteiger partial charge in [-0.1, -0.05) is 32.3 Å². The Balaban J connectivity index is 2.25. The second-order valence-corrected chi connectivity index (χ2v) is 8.98. The third kappa shape index (κ3) is 5.48. The standard InChI is InChI=1S/C19H28F2N2O3S/c1-3-12-23(14-18(20)21)19(24)15-8-7-11-17(13-15)27(25,26)22(2)16-9-5-4-6-10-16/h7-8,11,13,16,18H,3-6,9-10,12,14H2,1-2H3. The third-order valence-electron chi connectivity index (χ3n) is 4.99. The second kappa shape index (κ2) is 9.59. The highest BCUT2D eigenvalue weighted by Gasteiger charge is 2.30. The van der Waals surface area contributed by atoms with Gasteiger partial charge in [-0.05, 0) is 37.5 Å². The molecule has 1 aliphatic carbocycles. The van der Waals surface area contributed by atoms with Crippen molar-refractivity contribution in [2.75, 3.05) is 20.1 Å². The van der Waals surface area contributed by atoms with Crippen molar-refractivity contribution in [2.24, 2.45) is 0 Å². The lowest BCUT2D eigenvalue weighted by Gasteiger charge is -2.30. The minimum atomic E-state index is -3.74. The summed E-state index contributed by atoms with van der Waals surface area (Å²) in [5.41, 5.74) is 0.113. The Morgan fingerprint density at radius 2 is 1.89 bits per heavy atom. The van der Waals surface area contributed by atoms with Crippen molar-refractivity contribution in [3.8, 4) is 0 Å². The van der Waals surface area contributed by atoms with Gasteiger partial charge in [-0.15, -0.1) is 0 Å². The summed E-state index contributed by atoms with van der Waals surface area (Å²) in [6, 6.07) is 5.66. The molecule has 27 heavy (non-hydrogen) atoms. The molecule has 0 N–H and O–H groups in total. The van der Waals surface area contributed by atoms with Crippen molar-refractivity contribution in [3.05, 3.63) is 29.8 Å². The maximum atomic E-state index is 13.0. The van der Waals surface area contributed by atoms with Gasteiger partial charge in [-0.3, -0.25) is 4.79 Å². The fraction of sp³-hybridized carbons (Fsp3) is 0.632. The number of rotatable bonds is 8. The van der Waals surface area contributed by atoms with E-state index in [4.69, 9.17) is 0 Å². The van der Waals surface area contributed by atoms with Gasteiger partial charge in [0, 0.05) is 25.2 Å². The predicted octanol–water partition coefficient (Wildman–Crippen LogP) is 3.76. The molecule has 0 aromatic heterocycles. The van der Waals surface area contributed by atoms with E-state index in [0.29, 0.717) is 6.42 Å². The minimum absolute atomic E-state index is 0.0231. The molecule has 1 aliphatic rings. The topological polar surface area (TPSA) is 57.7 Å². The lowest BCUT2D eigenvalue weighted by Crippen LogP contribution is -2.38. The SMILES string of the molecule is CCCN(CC(F)F)C(=O)c1cccc(S(=O)(=O)N(C)C2CCCCC2)c1. The number of halogens is 2. The molecular formula is C19H28F2N2O3S. The van der Waals surface area contributed by atoms with Gasteiger partial charge in [0.15, 0.2) is 0 Å². The van der Waals surface area contributed by atoms with Gasteiger partial charge in [0.2, 0.25) is 10.0 Å². The van der Waals surface area contributed by atoms with Gasteiger partial charge < -0.3 is 4.90 Å². The molecule has 8 heteroatoms. The number of amides is 1. The van der Waals surface area contributed by atoms with Crippen LogP contribution in [0.3, 0.4) is 0 Å². The molecule has 152 valence electrons. The fourth-order valence-corrected chi connectivity index (χ4v) is 4.95. The summed E-state index contributed by atoms with van der Waals surface area (Å²) in [6.07, 6.45) is 2.68. The number of nitrogens with zero attached hydrogens (tertiary/aromatic N) is 2. The van der Waals surface area contributed by atoms with Crippen LogP contribution in [0.5, 0.6) is 0 Å². The molecule has 0 radical (unpaired) electrons. The third-order valence-corrected chi connectivity index (χ3v) is 6.89. The minimum Gasteiger partial charge on any atom is -0.333 e. The number of carbonyl (C=O) groups excluding carboxylic acids is 1. The van der Waals surface area contributed by atoms with Crippen LogP contribution in [0.4, 0.5) is 8.78 Å². The van der Waals surface area contributed by atoms with Gasteiger partial charge in [0.1, 0.15) is 0 Å². The van der Waals surface area contributed by atoms with E-state index in [2.05, 4.69) is 0 Å². The van der Waals surface area contributed by atoms with Crippen LogP contribution in [0.25, 0.3) is 0 Å². The van der Waals surface area contributed by atoms with E-state index in [-0.39, 0.29) is 23.0 Å². The first kappa shape index (κ1) is 21.8. The first-order valence-electron chi connectivity index (χ1n) is 9.43. The molecule has 1 aromatic carbocycles. The highest BCUT2D eigenvalue weighted by Crippen LogP contribution is 2.27. The molecule has 5 nitrogen and oxygen atoms in total. The van der Waals surface area contributed by atoms with Gasteiger partial charge in [0.25, 0.3) is 12.3 Å². The Kier molecular flexibility index (Phi) is 7.73. The van der Waals surface area contributed by atoms with E-state index in [1.807, 2.05) is 0 Å². The van der Waals surface area contributed by atoms with Gasteiger partial charge in [-0.25, -0.2) is 17.2 Å². The van der Waals surface area contributed by atoms with E-state index in [9.17, 15) is 22.0 Å². The Labute approximate surface area is 160 Å².